The second kappa shape index (κ2) is 8.16. The van der Waals surface area contributed by atoms with Gasteiger partial charge < -0.3 is 0 Å². The zero-order valence-electron chi connectivity index (χ0n) is 20.4. The van der Waals surface area contributed by atoms with E-state index in [9.17, 15) is 0 Å². The van der Waals surface area contributed by atoms with E-state index < -0.39 is 0 Å². The van der Waals surface area contributed by atoms with Crippen LogP contribution in [0.2, 0.25) is 0 Å². The third-order valence-electron chi connectivity index (χ3n) is 7.93. The first-order valence-corrected chi connectivity index (χ1v) is 13.8. The molecular formula is C36H24S. The van der Waals surface area contributed by atoms with Crippen LogP contribution in [0.1, 0.15) is 17.5 Å². The van der Waals surface area contributed by atoms with E-state index in [2.05, 4.69) is 121 Å². The van der Waals surface area contributed by atoms with E-state index in [0.29, 0.717) is 0 Å². The minimum absolute atomic E-state index is 1.10. The molecular weight excluding hydrogens is 464 g/mol. The van der Waals surface area contributed by atoms with Crippen molar-refractivity contribution < 1.29 is 0 Å². The fourth-order valence-corrected chi connectivity index (χ4v) is 7.29. The van der Waals surface area contributed by atoms with Crippen LogP contribution in [0, 0.1) is 0 Å². The molecule has 7 aromatic rings. The highest BCUT2D eigenvalue weighted by atomic mass is 32.1. The lowest BCUT2D eigenvalue weighted by Gasteiger charge is -2.18. The van der Waals surface area contributed by atoms with Crippen molar-refractivity contribution in [2.75, 3.05) is 0 Å². The quantitative estimate of drug-likeness (QED) is 0.212. The molecule has 1 aromatic heterocycles. The summed E-state index contributed by atoms with van der Waals surface area (Å²) in [5.41, 5.74) is 7.98. The second-order valence-electron chi connectivity index (χ2n) is 10.0. The normalized spacial score (nSPS) is 13.1. The van der Waals surface area contributed by atoms with Crippen molar-refractivity contribution >= 4 is 59.1 Å². The summed E-state index contributed by atoms with van der Waals surface area (Å²) in [4.78, 5) is 0. The molecule has 0 fully saturated rings. The van der Waals surface area contributed by atoms with E-state index in [1.54, 1.807) is 0 Å². The van der Waals surface area contributed by atoms with E-state index in [1.807, 2.05) is 11.3 Å². The summed E-state index contributed by atoms with van der Waals surface area (Å²) in [6, 6.07) is 40.6. The van der Waals surface area contributed by atoms with Crippen LogP contribution in [0.5, 0.6) is 0 Å². The van der Waals surface area contributed by atoms with Gasteiger partial charge in [0.2, 0.25) is 0 Å². The molecule has 174 valence electrons. The number of hydrogen-bond donors (Lipinski definition) is 0. The maximum atomic E-state index is 2.42. The fraction of sp³-hybridized carbons (Fsp3) is 0.0556. The Hall–Kier alpha value is -4.20. The molecule has 0 amide bonds. The minimum Gasteiger partial charge on any atom is -0.135 e. The first-order valence-electron chi connectivity index (χ1n) is 13.0. The van der Waals surface area contributed by atoms with Gasteiger partial charge in [-0.25, -0.2) is 0 Å². The lowest BCUT2D eigenvalue weighted by atomic mass is 9.85. The maximum Gasteiger partial charge on any atom is 0.0361 e. The summed E-state index contributed by atoms with van der Waals surface area (Å²) < 4.78 is 2.70. The highest BCUT2D eigenvalue weighted by molar-refractivity contribution is 7.25. The van der Waals surface area contributed by atoms with Gasteiger partial charge in [0.15, 0.2) is 0 Å². The third-order valence-corrected chi connectivity index (χ3v) is 9.06. The average Bonchev–Trinajstić information content (AvgIpc) is 3.35. The van der Waals surface area contributed by atoms with Gasteiger partial charge in [-0.1, -0.05) is 97.1 Å². The number of benzene rings is 6. The van der Waals surface area contributed by atoms with Crippen molar-refractivity contribution in [1.29, 1.82) is 0 Å². The molecule has 0 aliphatic heterocycles. The highest BCUT2D eigenvalue weighted by Crippen LogP contribution is 2.40. The van der Waals surface area contributed by atoms with Crippen molar-refractivity contribution in [3.8, 4) is 22.3 Å². The molecule has 1 heteroatoms. The molecule has 0 radical (unpaired) electrons. The summed E-state index contributed by atoms with van der Waals surface area (Å²) in [5, 5.41) is 8.17. The van der Waals surface area contributed by atoms with E-state index in [0.717, 1.165) is 12.8 Å². The molecule has 6 aromatic carbocycles. The first-order chi connectivity index (χ1) is 18.3. The number of hydrogen-bond acceptors (Lipinski definition) is 1. The number of fused-ring (bicyclic) bond motifs is 9. The summed E-state index contributed by atoms with van der Waals surface area (Å²) in [6.07, 6.45) is 6.87. The van der Waals surface area contributed by atoms with Gasteiger partial charge in [-0.2, -0.15) is 0 Å². The Labute approximate surface area is 220 Å². The standard InChI is InChI=1S/C36H24S/c1-2-12-29-27(10-1)28-11-3-4-13-30(28)34-21-25(16-18-31(29)34)23-8-7-9-24(20-23)26-17-19-33-32-14-5-6-15-35(32)37-36(33)22-26/h1-3,5-12,14-22H,4,13H2. The second-order valence-corrected chi connectivity index (χ2v) is 11.1. The Balaban J connectivity index is 1.28. The number of thiophene rings is 1. The number of rotatable bonds is 2. The highest BCUT2D eigenvalue weighted by Gasteiger charge is 2.15. The third kappa shape index (κ3) is 3.28. The lowest BCUT2D eigenvalue weighted by Crippen LogP contribution is -1.98. The van der Waals surface area contributed by atoms with Crippen LogP contribution in [0.15, 0.2) is 115 Å². The van der Waals surface area contributed by atoms with E-state index in [1.165, 1.54) is 75.1 Å². The summed E-state index contributed by atoms with van der Waals surface area (Å²) in [5.74, 6) is 0. The molecule has 37 heavy (non-hydrogen) atoms. The molecule has 0 unspecified atom stereocenters. The van der Waals surface area contributed by atoms with E-state index >= 15 is 0 Å². The van der Waals surface area contributed by atoms with Crippen LogP contribution in [0.25, 0.3) is 70.0 Å². The Morgan fingerprint density at radius 2 is 1.11 bits per heavy atom. The molecule has 0 spiro atoms. The zero-order valence-corrected chi connectivity index (χ0v) is 21.2. The monoisotopic (exact) mass is 488 g/mol. The van der Waals surface area contributed by atoms with Crippen molar-refractivity contribution in [3.05, 3.63) is 126 Å². The Morgan fingerprint density at radius 3 is 1.97 bits per heavy atom. The number of aryl methyl sites for hydroxylation is 1. The molecule has 0 saturated carbocycles. The molecule has 0 saturated heterocycles. The fourth-order valence-electron chi connectivity index (χ4n) is 6.14. The predicted molar refractivity (Wildman–Crippen MR) is 163 cm³/mol. The number of allylic oxidation sites excluding steroid dienone is 1. The van der Waals surface area contributed by atoms with Gasteiger partial charge >= 0.3 is 0 Å². The maximum absolute atomic E-state index is 2.42. The van der Waals surface area contributed by atoms with Crippen LogP contribution in [0.3, 0.4) is 0 Å². The van der Waals surface area contributed by atoms with Crippen molar-refractivity contribution in [2.45, 2.75) is 12.8 Å². The largest absolute Gasteiger partial charge is 0.135 e. The summed E-state index contributed by atoms with van der Waals surface area (Å²) in [7, 11) is 0. The Morgan fingerprint density at radius 1 is 0.459 bits per heavy atom. The Kier molecular flexibility index (Phi) is 4.62. The van der Waals surface area contributed by atoms with E-state index in [-0.39, 0.29) is 0 Å². The topological polar surface area (TPSA) is 0 Å². The van der Waals surface area contributed by atoms with Crippen LogP contribution in [-0.4, -0.2) is 0 Å². The zero-order chi connectivity index (χ0) is 24.3. The molecule has 0 atom stereocenters. The molecule has 1 aliphatic rings. The molecule has 0 bridgehead atoms. The van der Waals surface area contributed by atoms with Crippen LogP contribution >= 0.6 is 11.3 Å². The lowest BCUT2D eigenvalue weighted by molar-refractivity contribution is 1.00. The smallest absolute Gasteiger partial charge is 0.0361 e. The molecule has 0 nitrogen and oxygen atoms in total. The van der Waals surface area contributed by atoms with Crippen molar-refractivity contribution in [1.82, 2.24) is 0 Å². The predicted octanol–water partition coefficient (Wildman–Crippen LogP) is 10.7. The van der Waals surface area contributed by atoms with E-state index in [4.69, 9.17) is 0 Å². The Bertz CT molecular complexity index is 2040. The molecule has 1 aliphatic carbocycles. The van der Waals surface area contributed by atoms with Crippen LogP contribution < -0.4 is 0 Å². The van der Waals surface area contributed by atoms with Crippen LogP contribution in [0.4, 0.5) is 0 Å². The summed E-state index contributed by atoms with van der Waals surface area (Å²) >= 11 is 1.88. The van der Waals surface area contributed by atoms with Gasteiger partial charge in [0.05, 0.1) is 0 Å². The average molecular weight is 489 g/mol. The molecule has 8 rings (SSSR count). The SMILES string of the molecule is C1=Cc2c(c3cc(-c4cccc(-c5ccc6c(c5)sc5ccccc56)c4)ccc3c3ccccc23)CC1. The van der Waals surface area contributed by atoms with Gasteiger partial charge in [-0.05, 0) is 92.0 Å². The minimum atomic E-state index is 1.10. The van der Waals surface area contributed by atoms with Crippen molar-refractivity contribution in [2.24, 2.45) is 0 Å². The van der Waals surface area contributed by atoms with Gasteiger partial charge in [-0.3, -0.25) is 0 Å². The van der Waals surface area contributed by atoms with Crippen LogP contribution in [-0.2, 0) is 6.42 Å². The summed E-state index contributed by atoms with van der Waals surface area (Å²) in [6.45, 7) is 0. The first kappa shape index (κ1) is 20.9. The molecule has 0 N–H and O–H groups in total. The van der Waals surface area contributed by atoms with Crippen molar-refractivity contribution in [3.63, 3.8) is 0 Å². The van der Waals surface area contributed by atoms with Gasteiger partial charge in [0, 0.05) is 20.2 Å². The van der Waals surface area contributed by atoms with Gasteiger partial charge in [0.1, 0.15) is 0 Å². The van der Waals surface area contributed by atoms with Gasteiger partial charge in [-0.15, -0.1) is 11.3 Å². The van der Waals surface area contributed by atoms with Gasteiger partial charge in [0.25, 0.3) is 0 Å². The molecule has 1 heterocycles.